The van der Waals surface area contributed by atoms with Crippen LogP contribution in [0.3, 0.4) is 0 Å². The summed E-state index contributed by atoms with van der Waals surface area (Å²) in [5.41, 5.74) is 3.49. The van der Waals surface area contributed by atoms with Crippen molar-refractivity contribution in [2.45, 2.75) is 33.1 Å². The molecule has 1 aromatic heterocycles. The highest BCUT2D eigenvalue weighted by molar-refractivity contribution is 5.94. The minimum absolute atomic E-state index is 0.148. The lowest BCUT2D eigenvalue weighted by Gasteiger charge is -2.11. The zero-order valence-corrected chi connectivity index (χ0v) is 20.3. The van der Waals surface area contributed by atoms with Gasteiger partial charge in [0.2, 0.25) is 0 Å². The summed E-state index contributed by atoms with van der Waals surface area (Å²) in [6.07, 6.45) is 0.659. The molecule has 8 nitrogen and oxygen atoms in total. The normalized spacial score (nSPS) is 10.8. The molecule has 0 atom stereocenters. The van der Waals surface area contributed by atoms with Crippen molar-refractivity contribution in [1.82, 2.24) is 15.1 Å². The summed E-state index contributed by atoms with van der Waals surface area (Å²) in [6, 6.07) is 14.6. The van der Waals surface area contributed by atoms with Crippen molar-refractivity contribution < 1.29 is 23.8 Å². The Morgan fingerprint density at radius 3 is 2.32 bits per heavy atom. The second-order valence-corrected chi connectivity index (χ2v) is 7.98. The summed E-state index contributed by atoms with van der Waals surface area (Å²) in [7, 11) is 3.19. The molecule has 2 aromatic carbocycles. The summed E-state index contributed by atoms with van der Waals surface area (Å²) >= 11 is 0. The van der Waals surface area contributed by atoms with Crippen LogP contribution in [0.15, 0.2) is 48.5 Å². The van der Waals surface area contributed by atoms with Gasteiger partial charge in [0, 0.05) is 17.8 Å². The average molecular weight is 466 g/mol. The van der Waals surface area contributed by atoms with E-state index in [9.17, 15) is 9.59 Å². The minimum Gasteiger partial charge on any atom is -0.493 e. The van der Waals surface area contributed by atoms with E-state index in [4.69, 9.17) is 14.2 Å². The Bertz CT molecular complexity index is 1140. The highest BCUT2D eigenvalue weighted by Crippen LogP contribution is 2.27. The molecule has 8 heteroatoms. The molecule has 3 aromatic rings. The van der Waals surface area contributed by atoms with Crippen molar-refractivity contribution in [3.05, 3.63) is 71.0 Å². The van der Waals surface area contributed by atoms with Gasteiger partial charge in [-0.15, -0.1) is 0 Å². The zero-order chi connectivity index (χ0) is 24.7. The third kappa shape index (κ3) is 5.75. The lowest BCUT2D eigenvalue weighted by Crippen LogP contribution is -2.25. The number of nitrogens with one attached hydrogen (secondary N) is 1. The van der Waals surface area contributed by atoms with Crippen molar-refractivity contribution in [1.29, 1.82) is 0 Å². The third-order valence-corrected chi connectivity index (χ3v) is 5.33. The Balaban J connectivity index is 1.66. The van der Waals surface area contributed by atoms with Gasteiger partial charge in [0.1, 0.15) is 0 Å². The van der Waals surface area contributed by atoms with Crippen LogP contribution < -0.4 is 14.8 Å². The maximum absolute atomic E-state index is 12.6. The number of carbonyl (C=O) groups excluding carboxylic acids is 2. The van der Waals surface area contributed by atoms with E-state index in [1.54, 1.807) is 44.0 Å². The van der Waals surface area contributed by atoms with E-state index >= 15 is 0 Å². The van der Waals surface area contributed by atoms with Gasteiger partial charge < -0.3 is 19.5 Å². The Morgan fingerprint density at radius 2 is 1.71 bits per heavy atom. The molecule has 0 saturated heterocycles. The van der Waals surface area contributed by atoms with Crippen LogP contribution >= 0.6 is 0 Å². The number of benzene rings is 2. The molecule has 1 heterocycles. The van der Waals surface area contributed by atoms with E-state index in [0.717, 1.165) is 16.9 Å². The highest BCUT2D eigenvalue weighted by Gasteiger charge is 2.18. The molecule has 0 aliphatic rings. The van der Waals surface area contributed by atoms with E-state index in [0.29, 0.717) is 36.6 Å². The van der Waals surface area contributed by atoms with Crippen molar-refractivity contribution >= 4 is 11.9 Å². The number of rotatable bonds is 10. The first-order valence-electron chi connectivity index (χ1n) is 11.2. The van der Waals surface area contributed by atoms with Crippen LogP contribution in [-0.4, -0.2) is 49.0 Å². The van der Waals surface area contributed by atoms with Crippen LogP contribution in [0.25, 0.3) is 5.69 Å². The number of aromatic nitrogens is 2. The number of carbonyl (C=O) groups is 2. The van der Waals surface area contributed by atoms with Crippen molar-refractivity contribution in [2.24, 2.45) is 0 Å². The molecule has 0 fully saturated rings. The number of hydrogen-bond donors (Lipinski definition) is 1. The second kappa shape index (κ2) is 11.4. The Kier molecular flexibility index (Phi) is 8.29. The highest BCUT2D eigenvalue weighted by atomic mass is 16.5. The second-order valence-electron chi connectivity index (χ2n) is 7.98. The number of methoxy groups -OCH3 is 2. The van der Waals surface area contributed by atoms with Crippen molar-refractivity contribution in [2.75, 3.05) is 27.4 Å². The van der Waals surface area contributed by atoms with E-state index in [1.807, 2.05) is 44.2 Å². The SMILES string of the molecule is CCOC(=O)c1cc(C(C)C)n(-c2ccc(C(=O)NCCc3ccc(OC)c(OC)c3)cc2)n1. The van der Waals surface area contributed by atoms with Gasteiger partial charge in [-0.2, -0.15) is 5.10 Å². The molecule has 1 amide bonds. The predicted octanol–water partition coefficient (Wildman–Crippen LogP) is 4.16. The fourth-order valence-corrected chi connectivity index (χ4v) is 3.53. The molecule has 180 valence electrons. The average Bonchev–Trinajstić information content (AvgIpc) is 3.30. The lowest BCUT2D eigenvalue weighted by atomic mass is 10.1. The van der Waals surface area contributed by atoms with Crippen LogP contribution in [0.2, 0.25) is 0 Å². The third-order valence-electron chi connectivity index (χ3n) is 5.33. The van der Waals surface area contributed by atoms with Gasteiger partial charge in [-0.3, -0.25) is 4.79 Å². The van der Waals surface area contributed by atoms with Crippen LogP contribution in [0.1, 0.15) is 58.8 Å². The van der Waals surface area contributed by atoms with Gasteiger partial charge in [-0.1, -0.05) is 19.9 Å². The standard InChI is InChI=1S/C26H31N3O5/c1-6-34-26(31)21-16-22(17(2)3)29(28-21)20-10-8-19(9-11-20)25(30)27-14-13-18-7-12-23(32-4)24(15-18)33-5/h7-12,15-17H,6,13-14H2,1-5H3,(H,27,30). The molecule has 0 bridgehead atoms. The molecule has 1 N–H and O–H groups in total. The molecule has 3 rings (SSSR count). The number of hydrogen-bond acceptors (Lipinski definition) is 6. The number of amides is 1. The molecular weight excluding hydrogens is 434 g/mol. The minimum atomic E-state index is -0.450. The zero-order valence-electron chi connectivity index (χ0n) is 20.3. The number of nitrogens with zero attached hydrogens (tertiary/aromatic N) is 2. The first-order chi connectivity index (χ1) is 16.4. The topological polar surface area (TPSA) is 91.7 Å². The summed E-state index contributed by atoms with van der Waals surface area (Å²) < 4.78 is 17.4. The molecule has 0 saturated carbocycles. The monoisotopic (exact) mass is 465 g/mol. The Morgan fingerprint density at radius 1 is 1.00 bits per heavy atom. The number of esters is 1. The van der Waals surface area contributed by atoms with E-state index in [2.05, 4.69) is 10.4 Å². The molecule has 0 unspecified atom stereocenters. The lowest BCUT2D eigenvalue weighted by molar-refractivity contribution is 0.0518. The maximum atomic E-state index is 12.6. The van der Waals surface area contributed by atoms with Crippen LogP contribution in [0.5, 0.6) is 11.5 Å². The van der Waals surface area contributed by atoms with E-state index in [-0.39, 0.29) is 17.5 Å². The smallest absolute Gasteiger partial charge is 0.358 e. The van der Waals surface area contributed by atoms with Gasteiger partial charge in [0.05, 0.1) is 26.5 Å². The van der Waals surface area contributed by atoms with Gasteiger partial charge >= 0.3 is 5.97 Å². The fourth-order valence-electron chi connectivity index (χ4n) is 3.53. The summed E-state index contributed by atoms with van der Waals surface area (Å²) in [6.45, 7) is 6.59. The van der Waals surface area contributed by atoms with Gasteiger partial charge in [-0.25, -0.2) is 9.48 Å². The van der Waals surface area contributed by atoms with Crippen LogP contribution in [0.4, 0.5) is 0 Å². The van der Waals surface area contributed by atoms with E-state index in [1.165, 1.54) is 0 Å². The van der Waals surface area contributed by atoms with Crippen LogP contribution in [0, 0.1) is 0 Å². The van der Waals surface area contributed by atoms with E-state index < -0.39 is 5.97 Å². The molecule has 0 spiro atoms. The molecule has 0 aliphatic carbocycles. The van der Waals surface area contributed by atoms with Gasteiger partial charge in [-0.05, 0) is 67.3 Å². The quantitative estimate of drug-likeness (QED) is 0.452. The molecular formula is C26H31N3O5. The fraction of sp³-hybridized carbons (Fsp3) is 0.346. The molecule has 0 radical (unpaired) electrons. The van der Waals surface area contributed by atoms with Crippen molar-refractivity contribution in [3.63, 3.8) is 0 Å². The summed E-state index contributed by atoms with van der Waals surface area (Å²) in [4.78, 5) is 24.7. The molecule has 34 heavy (non-hydrogen) atoms. The first-order valence-corrected chi connectivity index (χ1v) is 11.2. The van der Waals surface area contributed by atoms with Crippen LogP contribution in [-0.2, 0) is 11.2 Å². The maximum Gasteiger partial charge on any atom is 0.358 e. The summed E-state index contributed by atoms with van der Waals surface area (Å²) in [5, 5.41) is 7.37. The predicted molar refractivity (Wildman–Crippen MR) is 129 cm³/mol. The summed E-state index contributed by atoms with van der Waals surface area (Å²) in [5.74, 6) is 0.864. The number of ether oxygens (including phenoxy) is 3. The Hall–Kier alpha value is -3.81. The molecule has 0 aliphatic heterocycles. The van der Waals surface area contributed by atoms with Gasteiger partial charge in [0.15, 0.2) is 17.2 Å². The van der Waals surface area contributed by atoms with Gasteiger partial charge in [0.25, 0.3) is 5.91 Å². The Labute approximate surface area is 199 Å². The largest absolute Gasteiger partial charge is 0.493 e. The van der Waals surface area contributed by atoms with Crippen molar-refractivity contribution in [3.8, 4) is 17.2 Å². The first kappa shape index (κ1) is 24.8.